The first kappa shape index (κ1) is 22.0. The highest BCUT2D eigenvalue weighted by molar-refractivity contribution is 6.30. The lowest BCUT2D eigenvalue weighted by Gasteiger charge is -2.26. The monoisotopic (exact) mass is 457 g/mol. The molecule has 0 saturated heterocycles. The number of carbonyl (C=O) groups is 1. The van der Waals surface area contributed by atoms with E-state index < -0.39 is 0 Å². The molecule has 0 fully saturated rings. The molecule has 0 radical (unpaired) electrons. The van der Waals surface area contributed by atoms with E-state index in [0.29, 0.717) is 42.1 Å². The number of rotatable bonds is 8. The maximum Gasteiger partial charge on any atom is 0.306 e. The Morgan fingerprint density at radius 3 is 2.78 bits per heavy atom. The van der Waals surface area contributed by atoms with Gasteiger partial charge in [-0.15, -0.1) is 5.10 Å². The number of benzene rings is 2. The van der Waals surface area contributed by atoms with Gasteiger partial charge in [-0.1, -0.05) is 28.9 Å². The number of hydrogen-bond donors (Lipinski definition) is 0. The first-order valence-electron chi connectivity index (χ1n) is 10.4. The van der Waals surface area contributed by atoms with Crippen LogP contribution in [0.5, 0.6) is 17.2 Å². The summed E-state index contributed by atoms with van der Waals surface area (Å²) in [7, 11) is 1.80. The van der Waals surface area contributed by atoms with Gasteiger partial charge < -0.3 is 18.9 Å². The molecule has 9 heteroatoms. The Kier molecular flexibility index (Phi) is 6.80. The lowest BCUT2D eigenvalue weighted by molar-refractivity contribution is -0.143. The van der Waals surface area contributed by atoms with Crippen LogP contribution in [0.1, 0.15) is 30.5 Å². The molecule has 8 nitrogen and oxygen atoms in total. The van der Waals surface area contributed by atoms with E-state index in [2.05, 4.69) is 10.3 Å². The molecule has 1 aliphatic rings. The van der Waals surface area contributed by atoms with Gasteiger partial charge in [0, 0.05) is 24.1 Å². The Hall–Kier alpha value is -3.26. The first-order chi connectivity index (χ1) is 15.5. The number of fused-ring (bicyclic) bond motifs is 1. The van der Waals surface area contributed by atoms with Crippen molar-refractivity contribution in [1.29, 1.82) is 0 Å². The van der Waals surface area contributed by atoms with Gasteiger partial charge in [0.15, 0.2) is 17.6 Å². The van der Waals surface area contributed by atoms with Gasteiger partial charge in [-0.3, -0.25) is 9.48 Å². The topological polar surface area (TPSA) is 84.7 Å². The van der Waals surface area contributed by atoms with Crippen molar-refractivity contribution in [2.75, 3.05) is 19.8 Å². The minimum Gasteiger partial charge on any atom is -0.490 e. The molecular formula is C23H24ClN3O5. The summed E-state index contributed by atoms with van der Waals surface area (Å²) < 4.78 is 24.4. The number of esters is 1. The molecule has 2 unspecified atom stereocenters. The van der Waals surface area contributed by atoms with Crippen LogP contribution in [-0.4, -0.2) is 46.9 Å². The van der Waals surface area contributed by atoms with E-state index >= 15 is 0 Å². The van der Waals surface area contributed by atoms with Crippen LogP contribution in [0.3, 0.4) is 0 Å². The van der Waals surface area contributed by atoms with Gasteiger partial charge in [0.25, 0.3) is 0 Å². The Morgan fingerprint density at radius 2 is 2.06 bits per heavy atom. The van der Waals surface area contributed by atoms with E-state index in [0.717, 1.165) is 11.3 Å². The Labute approximate surface area is 191 Å². The van der Waals surface area contributed by atoms with E-state index in [1.54, 1.807) is 43.0 Å². The lowest BCUT2D eigenvalue weighted by Crippen LogP contribution is -2.34. The molecule has 4 rings (SSSR count). The van der Waals surface area contributed by atoms with Crippen LogP contribution in [0.2, 0.25) is 5.02 Å². The van der Waals surface area contributed by atoms with Crippen LogP contribution in [0, 0.1) is 0 Å². The molecule has 0 bridgehead atoms. The molecule has 0 N–H and O–H groups in total. The fraction of sp³-hybridized carbons (Fsp3) is 0.348. The number of aromatic nitrogens is 3. The Morgan fingerprint density at radius 1 is 1.25 bits per heavy atom. The standard InChI is InChI=1S/C23H24ClN3O5/c1-3-29-23(28)11-19(20-12-25-26-27(20)2)15-4-7-17(8-5-15)30-13-18-14-31-21-9-6-16(24)10-22(21)32-18/h4-10,12,18-19H,3,11,13-14H2,1-2H3. The molecule has 0 spiro atoms. The first-order valence-corrected chi connectivity index (χ1v) is 10.7. The average Bonchev–Trinajstić information content (AvgIpc) is 3.22. The second-order valence-electron chi connectivity index (χ2n) is 7.37. The SMILES string of the molecule is CCOC(=O)CC(c1ccc(OCC2COc3ccc(Cl)cc3O2)cc1)c1cnnn1C. The molecule has 0 amide bonds. The summed E-state index contributed by atoms with van der Waals surface area (Å²) in [6.45, 7) is 2.84. The third-order valence-corrected chi connectivity index (χ3v) is 5.36. The lowest BCUT2D eigenvalue weighted by atomic mass is 9.92. The predicted molar refractivity (Wildman–Crippen MR) is 117 cm³/mol. The largest absolute Gasteiger partial charge is 0.490 e. The molecular weight excluding hydrogens is 434 g/mol. The summed E-state index contributed by atoms with van der Waals surface area (Å²) in [5.74, 6) is 1.48. The van der Waals surface area contributed by atoms with Gasteiger partial charge in [0.2, 0.25) is 0 Å². The van der Waals surface area contributed by atoms with Gasteiger partial charge in [0.05, 0.1) is 24.9 Å². The van der Waals surface area contributed by atoms with Gasteiger partial charge in [0.1, 0.15) is 19.0 Å². The molecule has 32 heavy (non-hydrogen) atoms. The van der Waals surface area contributed by atoms with Crippen LogP contribution in [0.25, 0.3) is 0 Å². The molecule has 1 aromatic heterocycles. The second kappa shape index (κ2) is 9.91. The van der Waals surface area contributed by atoms with Crippen molar-refractivity contribution in [2.24, 2.45) is 7.05 Å². The van der Waals surface area contributed by atoms with E-state index in [1.807, 2.05) is 24.3 Å². The maximum absolute atomic E-state index is 12.2. The van der Waals surface area contributed by atoms with Crippen LogP contribution >= 0.6 is 11.6 Å². The minimum absolute atomic E-state index is 0.199. The Bertz CT molecular complexity index is 1070. The van der Waals surface area contributed by atoms with Crippen molar-refractivity contribution in [2.45, 2.75) is 25.4 Å². The molecule has 2 atom stereocenters. The van der Waals surface area contributed by atoms with Crippen LogP contribution in [-0.2, 0) is 16.6 Å². The maximum atomic E-state index is 12.2. The third-order valence-electron chi connectivity index (χ3n) is 5.13. The summed E-state index contributed by atoms with van der Waals surface area (Å²) in [5.41, 5.74) is 1.77. The summed E-state index contributed by atoms with van der Waals surface area (Å²) in [4.78, 5) is 12.2. The average molecular weight is 458 g/mol. The van der Waals surface area contributed by atoms with Crippen molar-refractivity contribution < 1.29 is 23.7 Å². The number of halogens is 1. The number of carbonyl (C=O) groups excluding carboxylic acids is 1. The van der Waals surface area contributed by atoms with Gasteiger partial charge in [-0.25, -0.2) is 0 Å². The summed E-state index contributed by atoms with van der Waals surface area (Å²) in [6.07, 6.45) is 1.61. The predicted octanol–water partition coefficient (Wildman–Crippen LogP) is 3.77. The minimum atomic E-state index is -0.270. The van der Waals surface area contributed by atoms with Crippen LogP contribution < -0.4 is 14.2 Å². The summed E-state index contributed by atoms with van der Waals surface area (Å²) in [5, 5.41) is 8.52. The van der Waals surface area contributed by atoms with Crippen molar-refractivity contribution in [3.63, 3.8) is 0 Å². The zero-order valence-corrected chi connectivity index (χ0v) is 18.6. The second-order valence-corrected chi connectivity index (χ2v) is 7.80. The van der Waals surface area contributed by atoms with Crippen molar-refractivity contribution in [3.8, 4) is 17.2 Å². The smallest absolute Gasteiger partial charge is 0.306 e. The number of hydrogen-bond acceptors (Lipinski definition) is 7. The van der Waals surface area contributed by atoms with Crippen molar-refractivity contribution >= 4 is 17.6 Å². The zero-order valence-electron chi connectivity index (χ0n) is 17.9. The molecule has 0 aliphatic carbocycles. The summed E-state index contributed by atoms with van der Waals surface area (Å²) in [6, 6.07) is 12.9. The van der Waals surface area contributed by atoms with Gasteiger partial charge in [-0.05, 0) is 36.8 Å². The van der Waals surface area contributed by atoms with Gasteiger partial charge in [-0.2, -0.15) is 0 Å². The van der Waals surface area contributed by atoms with E-state index in [9.17, 15) is 4.79 Å². The fourth-order valence-electron chi connectivity index (χ4n) is 3.55. The van der Waals surface area contributed by atoms with E-state index in [1.165, 1.54) is 0 Å². The molecule has 3 aromatic rings. The molecule has 2 aromatic carbocycles. The summed E-state index contributed by atoms with van der Waals surface area (Å²) >= 11 is 6.03. The molecule has 0 saturated carbocycles. The number of ether oxygens (including phenoxy) is 4. The number of nitrogens with zero attached hydrogens (tertiary/aromatic N) is 3. The van der Waals surface area contributed by atoms with Crippen LogP contribution in [0.15, 0.2) is 48.7 Å². The molecule has 168 valence electrons. The van der Waals surface area contributed by atoms with Crippen molar-refractivity contribution in [3.05, 3.63) is 64.9 Å². The van der Waals surface area contributed by atoms with E-state index in [-0.39, 0.29) is 24.4 Å². The molecule has 1 aliphatic heterocycles. The van der Waals surface area contributed by atoms with Gasteiger partial charge >= 0.3 is 5.97 Å². The highest BCUT2D eigenvalue weighted by Gasteiger charge is 2.24. The third kappa shape index (κ3) is 5.13. The molecule has 2 heterocycles. The van der Waals surface area contributed by atoms with Crippen molar-refractivity contribution in [1.82, 2.24) is 15.0 Å². The Balaban J connectivity index is 1.41. The highest BCUT2D eigenvalue weighted by atomic mass is 35.5. The highest BCUT2D eigenvalue weighted by Crippen LogP contribution is 2.34. The normalized spacial score (nSPS) is 15.8. The van der Waals surface area contributed by atoms with E-state index in [4.69, 9.17) is 30.5 Å². The number of aryl methyl sites for hydroxylation is 1. The van der Waals surface area contributed by atoms with Crippen LogP contribution in [0.4, 0.5) is 0 Å². The fourth-order valence-corrected chi connectivity index (χ4v) is 3.71. The zero-order chi connectivity index (χ0) is 22.5. The quantitative estimate of drug-likeness (QED) is 0.476.